The third-order valence-electron chi connectivity index (χ3n) is 12.5. The lowest BCUT2D eigenvalue weighted by Gasteiger charge is -2.36. The maximum atomic E-state index is 15.3. The van der Waals surface area contributed by atoms with Crippen LogP contribution in [0.25, 0.3) is 11.1 Å². The Kier molecular flexibility index (Phi) is 17.5. The van der Waals surface area contributed by atoms with E-state index in [1.165, 1.54) is 4.90 Å². The third kappa shape index (κ3) is 14.0. The maximum Gasteiger partial charge on any atom is 0.267 e. The van der Waals surface area contributed by atoms with Gasteiger partial charge in [-0.25, -0.2) is 8.78 Å². The average Bonchev–Trinajstić information content (AvgIpc) is 3.66. The van der Waals surface area contributed by atoms with Crippen LogP contribution < -0.4 is 26.6 Å². The van der Waals surface area contributed by atoms with Gasteiger partial charge in [0.25, 0.3) is 17.7 Å². The molecule has 15 heteroatoms. The quantitative estimate of drug-likeness (QED) is 0.0818. The highest BCUT2D eigenvalue weighted by atomic mass is 19.3. The minimum absolute atomic E-state index is 0.158. The number of carbonyl (C=O) groups excluding carboxylic acids is 6. The van der Waals surface area contributed by atoms with E-state index in [4.69, 9.17) is 0 Å². The Hall–Kier alpha value is -6.48. The molecule has 1 saturated heterocycles. The van der Waals surface area contributed by atoms with E-state index in [1.807, 2.05) is 60.7 Å². The molecule has 0 unspecified atom stereocenters. The molecular formula is C51H61F2N7O6. The molecule has 6 rings (SSSR count). The number of likely N-dealkylation sites (N-methyl/N-ethyl adjacent to an activating group) is 1. The zero-order chi connectivity index (χ0) is 47.1. The van der Waals surface area contributed by atoms with Gasteiger partial charge in [-0.05, 0) is 92.1 Å². The van der Waals surface area contributed by atoms with Gasteiger partial charge in [0, 0.05) is 37.2 Å². The zero-order valence-corrected chi connectivity index (χ0v) is 37.7. The van der Waals surface area contributed by atoms with E-state index >= 15 is 8.78 Å². The second-order valence-corrected chi connectivity index (χ2v) is 17.3. The number of halogens is 2. The molecule has 1 saturated carbocycles. The van der Waals surface area contributed by atoms with Gasteiger partial charge in [-0.1, -0.05) is 104 Å². The normalized spacial score (nSPS) is 16.7. The fourth-order valence-electron chi connectivity index (χ4n) is 8.55. The van der Waals surface area contributed by atoms with Crippen molar-refractivity contribution in [2.75, 3.05) is 46.3 Å². The van der Waals surface area contributed by atoms with Gasteiger partial charge in [0.15, 0.2) is 0 Å². The van der Waals surface area contributed by atoms with Gasteiger partial charge in [0.1, 0.15) is 6.04 Å². The van der Waals surface area contributed by atoms with Gasteiger partial charge in [0.2, 0.25) is 23.6 Å². The molecular weight excluding hydrogens is 845 g/mol. The molecule has 350 valence electrons. The van der Waals surface area contributed by atoms with Crippen molar-refractivity contribution >= 4 is 35.4 Å². The van der Waals surface area contributed by atoms with Gasteiger partial charge in [-0.3, -0.25) is 28.8 Å². The summed E-state index contributed by atoms with van der Waals surface area (Å²) in [6.07, 6.45) is 4.59. The molecule has 6 amide bonds. The molecule has 2 fully saturated rings. The van der Waals surface area contributed by atoms with Crippen molar-refractivity contribution in [2.45, 2.75) is 82.3 Å². The van der Waals surface area contributed by atoms with Gasteiger partial charge in [-0.2, -0.15) is 0 Å². The molecule has 1 heterocycles. The summed E-state index contributed by atoms with van der Waals surface area (Å²) in [4.78, 5) is 82.3. The fraction of sp³-hybridized carbons (Fsp3) is 0.412. The van der Waals surface area contributed by atoms with Crippen LogP contribution in [0.2, 0.25) is 0 Å². The van der Waals surface area contributed by atoms with Crippen LogP contribution in [0.4, 0.5) is 8.78 Å². The van der Waals surface area contributed by atoms with E-state index in [2.05, 4.69) is 26.6 Å². The van der Waals surface area contributed by atoms with Gasteiger partial charge in [-0.15, -0.1) is 0 Å². The van der Waals surface area contributed by atoms with Crippen LogP contribution in [0.5, 0.6) is 0 Å². The largest absolute Gasteiger partial charge is 0.354 e. The van der Waals surface area contributed by atoms with Crippen LogP contribution in [0, 0.1) is 5.92 Å². The highest BCUT2D eigenvalue weighted by molar-refractivity contribution is 5.98. The maximum absolute atomic E-state index is 15.3. The zero-order valence-electron chi connectivity index (χ0n) is 37.7. The lowest BCUT2D eigenvalue weighted by molar-refractivity contribution is -0.141. The van der Waals surface area contributed by atoms with Crippen molar-refractivity contribution in [1.29, 1.82) is 0 Å². The van der Waals surface area contributed by atoms with Crippen LogP contribution >= 0.6 is 0 Å². The van der Waals surface area contributed by atoms with Crippen LogP contribution in [0.1, 0.15) is 77.3 Å². The highest BCUT2D eigenvalue weighted by Gasteiger charge is 2.50. The Morgan fingerprint density at radius 2 is 1.26 bits per heavy atom. The first-order valence-electron chi connectivity index (χ1n) is 22.9. The van der Waals surface area contributed by atoms with Crippen molar-refractivity contribution in [2.24, 2.45) is 5.92 Å². The number of nitrogens with one attached hydrogen (secondary N) is 5. The molecule has 2 aliphatic rings. The standard InChI is InChI=1S/C51H61F2N7O6/c1-35(54-2)47(63)58-46(40-16-10-5-11-17-40)50(66)60-34-51(52,53)30-43(60)33-59(29-27-37-14-8-4-9-15-37)45(62)32-57-49(65)42-24-20-39(21-25-42)38-18-22-41(23-19-38)48(64)56-31-44(61)55-28-26-36-12-6-3-7-13-36/h3-4,6-9,12-15,18-25,35,40,43,46,54H,5,10-11,16-17,26-34H2,1-2H3,(H,55,61)(H,56,64)(H,57,65)(H,58,63)/t35-,43-,46-/m0/s1. The predicted octanol–water partition coefficient (Wildman–Crippen LogP) is 5.15. The molecule has 66 heavy (non-hydrogen) atoms. The minimum atomic E-state index is -3.20. The lowest BCUT2D eigenvalue weighted by Crippen LogP contribution is -2.58. The van der Waals surface area contributed by atoms with Crippen molar-refractivity contribution in [3.8, 4) is 11.1 Å². The summed E-state index contributed by atoms with van der Waals surface area (Å²) in [5.41, 5.74) is 4.25. The molecule has 13 nitrogen and oxygen atoms in total. The molecule has 3 atom stereocenters. The van der Waals surface area contributed by atoms with E-state index in [9.17, 15) is 28.8 Å². The second-order valence-electron chi connectivity index (χ2n) is 17.3. The topological polar surface area (TPSA) is 169 Å². The number of carbonyl (C=O) groups is 6. The summed E-state index contributed by atoms with van der Waals surface area (Å²) in [5, 5.41) is 13.9. The Morgan fingerprint density at radius 1 is 0.712 bits per heavy atom. The van der Waals surface area contributed by atoms with Crippen LogP contribution in [0.3, 0.4) is 0 Å². The minimum Gasteiger partial charge on any atom is -0.354 e. The first-order valence-corrected chi connectivity index (χ1v) is 22.9. The van der Waals surface area contributed by atoms with Gasteiger partial charge >= 0.3 is 0 Å². The Labute approximate surface area is 385 Å². The Morgan fingerprint density at radius 3 is 1.82 bits per heavy atom. The number of benzene rings is 4. The summed E-state index contributed by atoms with van der Waals surface area (Å²) in [6.45, 7) is 0.716. The Bertz CT molecular complexity index is 2260. The number of likely N-dealkylation sites (tertiary alicyclic amines) is 1. The van der Waals surface area contributed by atoms with Gasteiger partial charge in [0.05, 0.1) is 31.7 Å². The molecule has 1 aliphatic heterocycles. The van der Waals surface area contributed by atoms with Crippen LogP contribution in [0.15, 0.2) is 109 Å². The average molecular weight is 906 g/mol. The molecule has 0 spiro atoms. The number of amides is 6. The van der Waals surface area contributed by atoms with Crippen LogP contribution in [-0.2, 0) is 32.0 Å². The number of rotatable bonds is 20. The third-order valence-corrected chi connectivity index (χ3v) is 12.5. The number of hydrogen-bond acceptors (Lipinski definition) is 7. The second kappa shape index (κ2) is 23.6. The predicted molar refractivity (Wildman–Crippen MR) is 249 cm³/mol. The SMILES string of the molecule is CN[C@@H](C)C(=O)N[C@H](C(=O)N1CC(F)(F)C[C@H]1CN(CCc1ccccc1)C(=O)CNC(=O)c1ccc(-c2ccc(C(=O)NCC(=O)NCCc3ccccc3)cc2)cc1)C1CCCCC1. The first-order chi connectivity index (χ1) is 31.8. The molecule has 1 aliphatic carbocycles. The number of alkyl halides is 2. The number of nitrogens with zero attached hydrogens (tertiary/aromatic N) is 2. The van der Waals surface area contributed by atoms with E-state index in [1.54, 1.807) is 62.5 Å². The molecule has 0 radical (unpaired) electrons. The number of hydrogen-bond donors (Lipinski definition) is 5. The van der Waals surface area contributed by atoms with Crippen molar-refractivity contribution < 1.29 is 37.5 Å². The molecule has 5 N–H and O–H groups in total. The lowest BCUT2D eigenvalue weighted by atomic mass is 9.83. The summed E-state index contributed by atoms with van der Waals surface area (Å²) in [5.74, 6) is -6.05. The van der Waals surface area contributed by atoms with Crippen molar-refractivity contribution in [1.82, 2.24) is 36.4 Å². The first kappa shape index (κ1) is 49.0. The van der Waals surface area contributed by atoms with Crippen LogP contribution in [-0.4, -0.2) is 116 Å². The monoisotopic (exact) mass is 905 g/mol. The van der Waals surface area contributed by atoms with E-state index in [0.717, 1.165) is 46.4 Å². The molecule has 0 bridgehead atoms. The smallest absolute Gasteiger partial charge is 0.267 e. The van der Waals surface area contributed by atoms with Gasteiger partial charge < -0.3 is 36.4 Å². The Balaban J connectivity index is 1.06. The van der Waals surface area contributed by atoms with Crippen molar-refractivity contribution in [3.63, 3.8) is 0 Å². The summed E-state index contributed by atoms with van der Waals surface area (Å²) in [7, 11) is 1.63. The highest BCUT2D eigenvalue weighted by Crippen LogP contribution is 2.35. The summed E-state index contributed by atoms with van der Waals surface area (Å²) >= 11 is 0. The molecule has 4 aromatic carbocycles. The van der Waals surface area contributed by atoms with E-state index < -0.39 is 67.2 Å². The fourth-order valence-corrected chi connectivity index (χ4v) is 8.55. The summed E-state index contributed by atoms with van der Waals surface area (Å²) in [6, 6.07) is 30.1. The molecule has 0 aromatic heterocycles. The van der Waals surface area contributed by atoms with Crippen molar-refractivity contribution in [3.05, 3.63) is 131 Å². The van der Waals surface area contributed by atoms with E-state index in [-0.39, 0.29) is 42.9 Å². The molecule has 4 aromatic rings. The van der Waals surface area contributed by atoms with E-state index in [0.29, 0.717) is 37.8 Å². The summed E-state index contributed by atoms with van der Waals surface area (Å²) < 4.78 is 30.7.